The molecule has 5 nitrogen and oxygen atoms in total. The zero-order valence-corrected chi connectivity index (χ0v) is 16.2. The van der Waals surface area contributed by atoms with Gasteiger partial charge in [-0.25, -0.2) is 0 Å². The fourth-order valence-electron chi connectivity index (χ4n) is 2.96. The largest absolute Gasteiger partial charge is 0.353 e. The fraction of sp³-hybridized carbons (Fsp3) is 0.579. The van der Waals surface area contributed by atoms with Crippen molar-refractivity contribution in [3.63, 3.8) is 0 Å². The molecule has 2 rings (SSSR count). The van der Waals surface area contributed by atoms with Crippen molar-refractivity contribution in [2.75, 3.05) is 25.5 Å². The Morgan fingerprint density at radius 3 is 2.48 bits per heavy atom. The molecule has 1 aromatic carbocycles. The second-order valence-electron chi connectivity index (χ2n) is 6.96. The Morgan fingerprint density at radius 2 is 1.80 bits per heavy atom. The molecule has 1 saturated carbocycles. The van der Waals surface area contributed by atoms with Gasteiger partial charge in [0.1, 0.15) is 0 Å². The third kappa shape index (κ3) is 7.08. The summed E-state index contributed by atoms with van der Waals surface area (Å²) >= 11 is 1.86. The minimum Gasteiger partial charge on any atom is -0.353 e. The van der Waals surface area contributed by atoms with Crippen molar-refractivity contribution >= 4 is 29.3 Å². The van der Waals surface area contributed by atoms with Crippen LogP contribution in [0.3, 0.4) is 0 Å². The van der Waals surface area contributed by atoms with Crippen LogP contribution in [0.2, 0.25) is 0 Å². The molecule has 6 heteroatoms. The first-order valence-electron chi connectivity index (χ1n) is 8.97. The van der Waals surface area contributed by atoms with Crippen molar-refractivity contribution < 1.29 is 9.59 Å². The molecule has 1 aliphatic carbocycles. The molecule has 0 heterocycles. The van der Waals surface area contributed by atoms with Crippen LogP contribution in [-0.4, -0.2) is 48.1 Å². The van der Waals surface area contributed by atoms with Gasteiger partial charge < -0.3 is 10.6 Å². The van der Waals surface area contributed by atoms with Crippen LogP contribution >= 0.6 is 11.8 Å². The lowest BCUT2D eigenvalue weighted by atomic mass is 10.3. The molecule has 0 unspecified atom stereocenters. The van der Waals surface area contributed by atoms with Crippen molar-refractivity contribution in [1.29, 1.82) is 0 Å². The predicted octanol–water partition coefficient (Wildman–Crippen LogP) is 3.12. The van der Waals surface area contributed by atoms with E-state index in [0.29, 0.717) is 5.25 Å². The zero-order valence-electron chi connectivity index (χ0n) is 15.4. The maximum atomic E-state index is 12.3. The third-order valence-electron chi connectivity index (χ3n) is 4.03. The minimum absolute atomic E-state index is 0.0671. The number of hydrogen-bond acceptors (Lipinski definition) is 4. The molecule has 1 fully saturated rings. The van der Waals surface area contributed by atoms with E-state index in [1.807, 2.05) is 43.8 Å². The quantitative estimate of drug-likeness (QED) is 0.745. The van der Waals surface area contributed by atoms with Crippen LogP contribution < -0.4 is 10.6 Å². The van der Waals surface area contributed by atoms with Crippen LogP contribution in [0.15, 0.2) is 29.2 Å². The van der Waals surface area contributed by atoms with Crippen molar-refractivity contribution in [1.82, 2.24) is 10.2 Å². The van der Waals surface area contributed by atoms with Crippen molar-refractivity contribution in [3.8, 4) is 0 Å². The van der Waals surface area contributed by atoms with Crippen molar-refractivity contribution in [3.05, 3.63) is 24.3 Å². The Hall–Kier alpha value is -1.53. The molecule has 2 amide bonds. The Bertz CT molecular complexity index is 586. The number of likely N-dealkylation sites (N-methyl/N-ethyl adjacent to an activating group) is 1. The van der Waals surface area contributed by atoms with E-state index in [2.05, 4.69) is 16.7 Å². The van der Waals surface area contributed by atoms with Gasteiger partial charge in [-0.15, -0.1) is 11.8 Å². The van der Waals surface area contributed by atoms with Crippen LogP contribution in [0.1, 0.15) is 39.5 Å². The molecule has 0 aromatic heterocycles. The van der Waals surface area contributed by atoms with Gasteiger partial charge in [0.2, 0.25) is 11.8 Å². The fourth-order valence-corrected chi connectivity index (χ4v) is 4.29. The Labute approximate surface area is 154 Å². The van der Waals surface area contributed by atoms with E-state index in [1.54, 1.807) is 11.9 Å². The Morgan fingerprint density at radius 1 is 1.16 bits per heavy atom. The molecule has 0 atom stereocenters. The number of carbonyl (C=O) groups excluding carboxylic acids is 2. The van der Waals surface area contributed by atoms with Gasteiger partial charge in [0, 0.05) is 16.2 Å². The standard InChI is InChI=1S/C19H29N3O2S/c1-14(2)20-18(23)12-22(3)13-19(24)21-16-10-6-7-11-17(16)25-15-8-4-5-9-15/h6-7,10-11,14-15H,4-5,8-9,12-13H2,1-3H3,(H,20,23)(H,21,24). The van der Waals surface area contributed by atoms with Gasteiger partial charge in [0.05, 0.1) is 18.8 Å². The molecule has 0 aliphatic heterocycles. The molecule has 0 saturated heterocycles. The number of nitrogens with one attached hydrogen (secondary N) is 2. The van der Waals surface area contributed by atoms with Gasteiger partial charge in [-0.1, -0.05) is 25.0 Å². The number of hydrogen-bond donors (Lipinski definition) is 2. The molecule has 1 aliphatic rings. The number of benzene rings is 1. The highest BCUT2D eigenvalue weighted by Gasteiger charge is 2.18. The van der Waals surface area contributed by atoms with Gasteiger partial charge in [0.25, 0.3) is 0 Å². The van der Waals surface area contributed by atoms with E-state index in [9.17, 15) is 9.59 Å². The molecule has 1 aromatic rings. The number of carbonyl (C=O) groups is 2. The summed E-state index contributed by atoms with van der Waals surface area (Å²) in [6.07, 6.45) is 5.10. The first-order chi connectivity index (χ1) is 11.9. The van der Waals surface area contributed by atoms with E-state index in [1.165, 1.54) is 25.7 Å². The Kier molecular flexibility index (Phi) is 7.78. The summed E-state index contributed by atoms with van der Waals surface area (Å²) in [5, 5.41) is 6.48. The molecule has 0 radical (unpaired) electrons. The first kappa shape index (κ1) is 19.8. The lowest BCUT2D eigenvalue weighted by Crippen LogP contribution is -2.41. The normalized spacial score (nSPS) is 14.9. The summed E-state index contributed by atoms with van der Waals surface area (Å²) in [5.41, 5.74) is 0.865. The number of amides is 2. The van der Waals surface area contributed by atoms with Crippen molar-refractivity contribution in [2.24, 2.45) is 0 Å². The maximum Gasteiger partial charge on any atom is 0.238 e. The van der Waals surface area contributed by atoms with E-state index in [4.69, 9.17) is 0 Å². The highest BCUT2D eigenvalue weighted by molar-refractivity contribution is 8.00. The summed E-state index contributed by atoms with van der Waals surface area (Å²) in [7, 11) is 1.78. The lowest BCUT2D eigenvalue weighted by Gasteiger charge is -2.18. The smallest absolute Gasteiger partial charge is 0.238 e. The van der Waals surface area contributed by atoms with E-state index in [0.717, 1.165) is 10.6 Å². The SMILES string of the molecule is CC(C)NC(=O)CN(C)CC(=O)Nc1ccccc1SC1CCCC1. The molecule has 25 heavy (non-hydrogen) atoms. The number of nitrogens with zero attached hydrogens (tertiary/aromatic N) is 1. The van der Waals surface area contributed by atoms with Crippen LogP contribution in [0.25, 0.3) is 0 Å². The van der Waals surface area contributed by atoms with Gasteiger partial charge in [-0.05, 0) is 45.9 Å². The van der Waals surface area contributed by atoms with Gasteiger partial charge in [0.15, 0.2) is 0 Å². The molecule has 2 N–H and O–H groups in total. The Balaban J connectivity index is 1.86. The number of rotatable bonds is 8. The zero-order chi connectivity index (χ0) is 18.2. The highest BCUT2D eigenvalue weighted by Crippen LogP contribution is 2.37. The molecular weight excluding hydrogens is 334 g/mol. The topological polar surface area (TPSA) is 61.4 Å². The average molecular weight is 364 g/mol. The molecular formula is C19H29N3O2S. The van der Waals surface area contributed by atoms with E-state index < -0.39 is 0 Å². The summed E-state index contributed by atoms with van der Waals surface area (Å²) in [4.78, 5) is 26.9. The second kappa shape index (κ2) is 9.82. The molecule has 0 spiro atoms. The molecule has 0 bridgehead atoms. The van der Waals surface area contributed by atoms with E-state index >= 15 is 0 Å². The van der Waals surface area contributed by atoms with Gasteiger partial charge in [-0.3, -0.25) is 14.5 Å². The predicted molar refractivity (Wildman–Crippen MR) is 104 cm³/mol. The number of anilines is 1. The van der Waals surface area contributed by atoms with Gasteiger partial charge in [-0.2, -0.15) is 0 Å². The van der Waals surface area contributed by atoms with Gasteiger partial charge >= 0.3 is 0 Å². The van der Waals surface area contributed by atoms with Crippen LogP contribution in [0.4, 0.5) is 5.69 Å². The monoisotopic (exact) mass is 363 g/mol. The number of para-hydroxylation sites is 1. The van der Waals surface area contributed by atoms with Crippen LogP contribution in [0.5, 0.6) is 0 Å². The van der Waals surface area contributed by atoms with Crippen LogP contribution in [-0.2, 0) is 9.59 Å². The lowest BCUT2D eigenvalue weighted by molar-refractivity contribution is -0.123. The van der Waals surface area contributed by atoms with Crippen molar-refractivity contribution in [2.45, 2.75) is 55.7 Å². The summed E-state index contributed by atoms with van der Waals surface area (Å²) in [6, 6.07) is 8.07. The van der Waals surface area contributed by atoms with E-state index in [-0.39, 0.29) is 30.9 Å². The average Bonchev–Trinajstić information content (AvgIpc) is 3.01. The minimum atomic E-state index is -0.0979. The second-order valence-corrected chi connectivity index (χ2v) is 8.31. The highest BCUT2D eigenvalue weighted by atomic mass is 32.2. The van der Waals surface area contributed by atoms with Crippen LogP contribution in [0, 0.1) is 0 Å². The first-order valence-corrected chi connectivity index (χ1v) is 9.85. The third-order valence-corrected chi connectivity index (χ3v) is 5.45. The maximum absolute atomic E-state index is 12.3. The summed E-state index contributed by atoms with van der Waals surface area (Å²) < 4.78 is 0. The molecule has 138 valence electrons. The summed E-state index contributed by atoms with van der Waals surface area (Å²) in [5.74, 6) is -0.165. The number of thioether (sulfide) groups is 1. The summed E-state index contributed by atoms with van der Waals surface area (Å²) in [6.45, 7) is 4.24.